The molecule has 0 aromatic rings. The number of carbonyl (C=O) groups is 1. The average molecular weight is 190 g/mol. The first-order valence-corrected chi connectivity index (χ1v) is 5.39. The molecule has 0 saturated carbocycles. The van der Waals surface area contributed by atoms with Crippen molar-refractivity contribution in [3.05, 3.63) is 36.0 Å². The molecule has 0 radical (unpaired) electrons. The highest BCUT2D eigenvalue weighted by atomic mass is 16.1. The summed E-state index contributed by atoms with van der Waals surface area (Å²) in [6.45, 7) is 0. The van der Waals surface area contributed by atoms with E-state index in [0.29, 0.717) is 0 Å². The molecule has 0 atom stereocenters. The molecule has 1 aliphatic rings. The van der Waals surface area contributed by atoms with E-state index in [0.717, 1.165) is 31.1 Å². The minimum absolute atomic E-state index is 0.865. The first kappa shape index (κ1) is 11.0. The van der Waals surface area contributed by atoms with Crippen molar-refractivity contribution in [3.8, 4) is 0 Å². The minimum Gasteiger partial charge on any atom is -0.298 e. The molecule has 0 unspecified atom stereocenters. The monoisotopic (exact) mass is 190 g/mol. The Morgan fingerprint density at radius 1 is 1.00 bits per heavy atom. The summed E-state index contributed by atoms with van der Waals surface area (Å²) >= 11 is 0. The quantitative estimate of drug-likeness (QED) is 0.456. The Kier molecular flexibility index (Phi) is 5.73. The number of allylic oxidation sites excluding steroid dienone is 6. The molecule has 1 aliphatic carbocycles. The van der Waals surface area contributed by atoms with Gasteiger partial charge in [0.1, 0.15) is 6.29 Å². The highest BCUT2D eigenvalue weighted by molar-refractivity contribution is 5.73. The van der Waals surface area contributed by atoms with Crippen LogP contribution in [0.25, 0.3) is 0 Å². The molecule has 0 saturated heterocycles. The molecule has 0 aliphatic heterocycles. The topological polar surface area (TPSA) is 17.1 Å². The Labute approximate surface area is 86.2 Å². The molecule has 1 nitrogen and oxygen atoms in total. The zero-order chi connectivity index (χ0) is 10.1. The fourth-order valence-corrected chi connectivity index (χ4v) is 1.48. The maximum Gasteiger partial charge on any atom is 0.146 e. The predicted molar refractivity (Wildman–Crippen MR) is 60.1 cm³/mol. The molecular weight excluding hydrogens is 172 g/mol. The molecule has 1 heteroatoms. The van der Waals surface area contributed by atoms with Crippen LogP contribution in [0.15, 0.2) is 36.0 Å². The number of hydrogen-bond acceptors (Lipinski definition) is 1. The van der Waals surface area contributed by atoms with Crippen LogP contribution in [-0.2, 0) is 4.79 Å². The van der Waals surface area contributed by atoms with Gasteiger partial charge in [-0.05, 0) is 44.1 Å². The van der Waals surface area contributed by atoms with Crippen molar-refractivity contribution < 1.29 is 4.79 Å². The Morgan fingerprint density at radius 3 is 2.50 bits per heavy atom. The third kappa shape index (κ3) is 4.80. The summed E-state index contributed by atoms with van der Waals surface area (Å²) in [5.41, 5.74) is 0.895. The molecule has 0 amide bonds. The summed E-state index contributed by atoms with van der Waals surface area (Å²) in [7, 11) is 0. The zero-order valence-corrected chi connectivity index (χ0v) is 8.61. The fraction of sp³-hybridized carbons (Fsp3) is 0.462. The lowest BCUT2D eigenvalue weighted by Crippen LogP contribution is -1.84. The highest BCUT2D eigenvalue weighted by Gasteiger charge is 1.92. The molecule has 0 aromatic heterocycles. The van der Waals surface area contributed by atoms with E-state index < -0.39 is 0 Å². The second kappa shape index (κ2) is 7.31. The van der Waals surface area contributed by atoms with Gasteiger partial charge in [0, 0.05) is 0 Å². The van der Waals surface area contributed by atoms with Gasteiger partial charge in [0.15, 0.2) is 0 Å². The molecule has 0 fully saturated rings. The van der Waals surface area contributed by atoms with Gasteiger partial charge < -0.3 is 0 Å². The second-order valence-corrected chi connectivity index (χ2v) is 3.58. The zero-order valence-electron chi connectivity index (χ0n) is 8.61. The van der Waals surface area contributed by atoms with Gasteiger partial charge in [-0.2, -0.15) is 0 Å². The van der Waals surface area contributed by atoms with Crippen LogP contribution in [0.5, 0.6) is 0 Å². The van der Waals surface area contributed by atoms with Gasteiger partial charge in [-0.3, -0.25) is 4.79 Å². The summed E-state index contributed by atoms with van der Waals surface area (Å²) < 4.78 is 0. The van der Waals surface area contributed by atoms with Crippen LogP contribution < -0.4 is 0 Å². The van der Waals surface area contributed by atoms with E-state index in [1.165, 1.54) is 19.3 Å². The lowest BCUT2D eigenvalue weighted by molar-refractivity contribution is -0.105. The van der Waals surface area contributed by atoms with Crippen LogP contribution in [0.1, 0.15) is 38.5 Å². The van der Waals surface area contributed by atoms with Crippen LogP contribution >= 0.6 is 0 Å². The van der Waals surface area contributed by atoms with Crippen molar-refractivity contribution in [2.24, 2.45) is 0 Å². The second-order valence-electron chi connectivity index (χ2n) is 3.58. The molecule has 0 heterocycles. The first-order chi connectivity index (χ1) is 6.93. The number of hydrogen-bond donors (Lipinski definition) is 0. The summed E-state index contributed by atoms with van der Waals surface area (Å²) in [5.74, 6) is 0. The summed E-state index contributed by atoms with van der Waals surface area (Å²) in [4.78, 5) is 10.7. The van der Waals surface area contributed by atoms with Crippen molar-refractivity contribution >= 4 is 6.29 Å². The van der Waals surface area contributed by atoms with E-state index in [4.69, 9.17) is 0 Å². The van der Waals surface area contributed by atoms with Gasteiger partial charge in [-0.1, -0.05) is 30.4 Å². The Bertz CT molecular complexity index is 246. The van der Waals surface area contributed by atoms with Crippen LogP contribution in [0, 0.1) is 0 Å². The van der Waals surface area contributed by atoms with E-state index in [9.17, 15) is 4.79 Å². The van der Waals surface area contributed by atoms with Crippen molar-refractivity contribution in [1.29, 1.82) is 0 Å². The van der Waals surface area contributed by atoms with Crippen molar-refractivity contribution in [2.75, 3.05) is 0 Å². The average Bonchev–Trinajstić information content (AvgIpc) is 2.19. The van der Waals surface area contributed by atoms with Gasteiger partial charge in [-0.25, -0.2) is 0 Å². The van der Waals surface area contributed by atoms with Gasteiger partial charge in [-0.15, -0.1) is 0 Å². The Balaban J connectivity index is 2.53. The largest absolute Gasteiger partial charge is 0.298 e. The minimum atomic E-state index is 0.865. The molecule has 76 valence electrons. The predicted octanol–water partition coefficient (Wildman–Crippen LogP) is 3.58. The molecule has 0 bridgehead atoms. The van der Waals surface area contributed by atoms with E-state index >= 15 is 0 Å². The SMILES string of the molecule is O=CC1=CC=CCCCCC=CCC1. The summed E-state index contributed by atoms with van der Waals surface area (Å²) in [6, 6.07) is 0. The van der Waals surface area contributed by atoms with E-state index in [1.807, 2.05) is 12.2 Å². The standard InChI is InChI=1S/C13H18O/c14-12-13-10-8-6-4-2-1-3-5-7-9-11-13/h4,6-7,9,11-12H,1-3,5,8,10H2. The normalized spacial score (nSPS) is 19.3. The molecule has 0 aromatic carbocycles. The van der Waals surface area contributed by atoms with E-state index in [-0.39, 0.29) is 0 Å². The summed E-state index contributed by atoms with van der Waals surface area (Å²) in [5, 5.41) is 0. The fourth-order valence-electron chi connectivity index (χ4n) is 1.48. The molecule has 0 spiro atoms. The number of aldehydes is 1. The van der Waals surface area contributed by atoms with E-state index in [2.05, 4.69) is 18.2 Å². The maximum absolute atomic E-state index is 10.7. The van der Waals surface area contributed by atoms with Crippen molar-refractivity contribution in [3.63, 3.8) is 0 Å². The number of rotatable bonds is 1. The van der Waals surface area contributed by atoms with Crippen LogP contribution in [0.3, 0.4) is 0 Å². The van der Waals surface area contributed by atoms with Crippen LogP contribution in [0.2, 0.25) is 0 Å². The van der Waals surface area contributed by atoms with Crippen LogP contribution in [0.4, 0.5) is 0 Å². The van der Waals surface area contributed by atoms with Gasteiger partial charge in [0.25, 0.3) is 0 Å². The number of carbonyl (C=O) groups excluding carboxylic acids is 1. The Hall–Kier alpha value is -1.11. The lowest BCUT2D eigenvalue weighted by atomic mass is 10.1. The third-order valence-electron chi connectivity index (χ3n) is 2.36. The third-order valence-corrected chi connectivity index (χ3v) is 2.36. The van der Waals surface area contributed by atoms with Gasteiger partial charge in [0.2, 0.25) is 0 Å². The van der Waals surface area contributed by atoms with Gasteiger partial charge >= 0.3 is 0 Å². The molecular formula is C13H18O. The molecule has 0 N–H and O–H groups in total. The van der Waals surface area contributed by atoms with Crippen molar-refractivity contribution in [2.45, 2.75) is 38.5 Å². The summed E-state index contributed by atoms with van der Waals surface area (Å²) in [6.07, 6.45) is 18.1. The van der Waals surface area contributed by atoms with Gasteiger partial charge in [0.05, 0.1) is 0 Å². The first-order valence-electron chi connectivity index (χ1n) is 5.39. The Morgan fingerprint density at radius 2 is 1.71 bits per heavy atom. The van der Waals surface area contributed by atoms with Crippen molar-refractivity contribution in [1.82, 2.24) is 0 Å². The van der Waals surface area contributed by atoms with E-state index in [1.54, 1.807) is 0 Å². The lowest BCUT2D eigenvalue weighted by Gasteiger charge is -1.97. The highest BCUT2D eigenvalue weighted by Crippen LogP contribution is 2.08. The van der Waals surface area contributed by atoms with Crippen LogP contribution in [-0.4, -0.2) is 6.29 Å². The molecule has 14 heavy (non-hydrogen) atoms. The smallest absolute Gasteiger partial charge is 0.146 e. The maximum atomic E-state index is 10.7. The molecule has 1 rings (SSSR count).